The van der Waals surface area contributed by atoms with Crippen molar-refractivity contribution in [3.63, 3.8) is 0 Å². The Bertz CT molecular complexity index is 1040. The predicted molar refractivity (Wildman–Crippen MR) is 105 cm³/mol. The summed E-state index contributed by atoms with van der Waals surface area (Å²) in [6.07, 6.45) is 2.79. The lowest BCUT2D eigenvalue weighted by Crippen LogP contribution is -2.30. The van der Waals surface area contributed by atoms with Crippen LogP contribution >= 0.6 is 11.3 Å². The molecule has 0 radical (unpaired) electrons. The molecule has 9 heteroatoms. The third-order valence-corrected chi connectivity index (χ3v) is 5.77. The molecule has 2 N–H and O–H groups in total. The number of amides is 1. The number of likely N-dealkylation sites (tertiary alicyclic amines) is 1. The van der Waals surface area contributed by atoms with Crippen LogP contribution in [0.15, 0.2) is 24.5 Å². The topological polar surface area (TPSA) is 91.2 Å². The molecule has 7 nitrogen and oxygen atoms in total. The van der Waals surface area contributed by atoms with Gasteiger partial charge < -0.3 is 15.3 Å². The molecule has 1 fully saturated rings. The number of aryl methyl sites for hydroxylation is 1. The van der Waals surface area contributed by atoms with Crippen LogP contribution in [-0.4, -0.2) is 50.1 Å². The number of hydrogen-bond acceptors (Lipinski definition) is 7. The zero-order valence-electron chi connectivity index (χ0n) is 15.5. The van der Waals surface area contributed by atoms with E-state index < -0.39 is 11.9 Å². The van der Waals surface area contributed by atoms with Crippen molar-refractivity contribution >= 4 is 33.4 Å². The maximum Gasteiger partial charge on any atom is 0.274 e. The molecule has 1 amide bonds. The fourth-order valence-electron chi connectivity index (χ4n) is 3.28. The van der Waals surface area contributed by atoms with Crippen molar-refractivity contribution < 1.29 is 14.3 Å². The molecule has 2 atom stereocenters. The summed E-state index contributed by atoms with van der Waals surface area (Å²) in [7, 11) is 0. The second-order valence-electron chi connectivity index (χ2n) is 6.96. The van der Waals surface area contributed by atoms with Gasteiger partial charge in [-0.1, -0.05) is 0 Å². The molecule has 0 bridgehead atoms. The smallest absolute Gasteiger partial charge is 0.274 e. The molecule has 0 spiro atoms. The Hall–Kier alpha value is -2.65. The summed E-state index contributed by atoms with van der Waals surface area (Å²) in [6.45, 7) is 4.61. The number of pyridine rings is 1. The summed E-state index contributed by atoms with van der Waals surface area (Å²) >= 11 is 1.47. The predicted octanol–water partition coefficient (Wildman–Crippen LogP) is 2.91. The standard InChI is InChI=1S/C19H20FN5O2S/c1-10-5-15-17(28-10)16(18(27)25-4-3-14(26)9-25)24-19(23-15)22-11(2)12-6-13(20)8-21-7-12/h5-8,11,14,26H,3-4,9H2,1-2H3,(H,22,23,24)/t11-,14+/m0/s1. The lowest BCUT2D eigenvalue weighted by atomic mass is 10.1. The van der Waals surface area contributed by atoms with E-state index in [1.807, 2.05) is 19.9 Å². The third kappa shape index (κ3) is 3.67. The van der Waals surface area contributed by atoms with E-state index in [2.05, 4.69) is 20.3 Å². The fourth-order valence-corrected chi connectivity index (χ4v) is 4.21. The second kappa shape index (κ2) is 7.40. The van der Waals surface area contributed by atoms with Crippen LogP contribution in [-0.2, 0) is 0 Å². The van der Waals surface area contributed by atoms with Crippen molar-refractivity contribution in [2.75, 3.05) is 18.4 Å². The first kappa shape index (κ1) is 18.7. The van der Waals surface area contributed by atoms with Gasteiger partial charge in [-0.15, -0.1) is 11.3 Å². The summed E-state index contributed by atoms with van der Waals surface area (Å²) in [5.74, 6) is -0.335. The molecule has 28 heavy (non-hydrogen) atoms. The van der Waals surface area contributed by atoms with Crippen molar-refractivity contribution in [3.05, 3.63) is 46.5 Å². The number of rotatable bonds is 4. The summed E-state index contributed by atoms with van der Waals surface area (Å²) < 4.78 is 14.2. The summed E-state index contributed by atoms with van der Waals surface area (Å²) in [6, 6.07) is 3.02. The van der Waals surface area contributed by atoms with E-state index in [1.54, 1.807) is 11.1 Å². The maximum atomic E-state index is 13.5. The molecule has 146 valence electrons. The van der Waals surface area contributed by atoms with Gasteiger partial charge in [0.25, 0.3) is 5.91 Å². The van der Waals surface area contributed by atoms with Crippen molar-refractivity contribution in [1.29, 1.82) is 0 Å². The van der Waals surface area contributed by atoms with Gasteiger partial charge in [-0.25, -0.2) is 14.4 Å². The Labute approximate surface area is 165 Å². The Morgan fingerprint density at radius 1 is 1.39 bits per heavy atom. The molecule has 4 rings (SSSR count). The summed E-state index contributed by atoms with van der Waals surface area (Å²) in [4.78, 5) is 28.5. The van der Waals surface area contributed by atoms with Gasteiger partial charge in [-0.2, -0.15) is 0 Å². The lowest BCUT2D eigenvalue weighted by Gasteiger charge is -2.17. The second-order valence-corrected chi connectivity index (χ2v) is 8.22. The van der Waals surface area contributed by atoms with E-state index in [0.717, 1.165) is 15.8 Å². The van der Waals surface area contributed by atoms with E-state index >= 15 is 0 Å². The molecule has 1 saturated heterocycles. The van der Waals surface area contributed by atoms with Crippen molar-refractivity contribution in [2.45, 2.75) is 32.4 Å². The highest BCUT2D eigenvalue weighted by molar-refractivity contribution is 7.19. The number of aromatic nitrogens is 3. The Balaban J connectivity index is 1.68. The molecule has 0 unspecified atom stereocenters. The van der Waals surface area contributed by atoms with Gasteiger partial charge >= 0.3 is 0 Å². The minimum atomic E-state index is -0.496. The Morgan fingerprint density at radius 3 is 2.93 bits per heavy atom. The van der Waals surface area contributed by atoms with Crippen LogP contribution in [0.4, 0.5) is 10.3 Å². The van der Waals surface area contributed by atoms with Crippen LogP contribution in [0.1, 0.15) is 40.3 Å². The van der Waals surface area contributed by atoms with E-state index in [1.165, 1.54) is 17.4 Å². The van der Waals surface area contributed by atoms with Gasteiger partial charge in [0.05, 0.1) is 28.6 Å². The third-order valence-electron chi connectivity index (χ3n) is 4.72. The summed E-state index contributed by atoms with van der Waals surface area (Å²) in [5.41, 5.74) is 1.66. The van der Waals surface area contributed by atoms with Gasteiger partial charge in [0.2, 0.25) is 5.95 Å². The van der Waals surface area contributed by atoms with E-state index in [9.17, 15) is 14.3 Å². The molecule has 3 aromatic rings. The number of carbonyl (C=O) groups is 1. The fraction of sp³-hybridized carbons (Fsp3) is 0.368. The minimum absolute atomic E-state index is 0.214. The van der Waals surface area contributed by atoms with Gasteiger partial charge in [0, 0.05) is 24.2 Å². The molecule has 0 saturated carbocycles. The highest BCUT2D eigenvalue weighted by Crippen LogP contribution is 2.29. The van der Waals surface area contributed by atoms with Crippen LogP contribution in [0.25, 0.3) is 10.2 Å². The number of β-amino-alcohol motifs (C(OH)–C–C–N with tert-alkyl or cyclic N) is 1. The van der Waals surface area contributed by atoms with Crippen LogP contribution in [0.5, 0.6) is 0 Å². The molecule has 0 aromatic carbocycles. The lowest BCUT2D eigenvalue weighted by molar-refractivity contribution is 0.0761. The monoisotopic (exact) mass is 401 g/mol. The van der Waals surface area contributed by atoms with Crippen LogP contribution in [0.2, 0.25) is 0 Å². The van der Waals surface area contributed by atoms with Crippen molar-refractivity contribution in [3.8, 4) is 0 Å². The average Bonchev–Trinajstić information content (AvgIpc) is 3.25. The molecule has 4 heterocycles. The molecule has 0 aliphatic carbocycles. The first-order valence-corrected chi connectivity index (χ1v) is 9.85. The zero-order chi connectivity index (χ0) is 19.8. The van der Waals surface area contributed by atoms with Gasteiger partial charge in [-0.3, -0.25) is 9.78 Å². The van der Waals surface area contributed by atoms with Crippen LogP contribution in [0, 0.1) is 12.7 Å². The minimum Gasteiger partial charge on any atom is -0.391 e. The zero-order valence-corrected chi connectivity index (χ0v) is 16.3. The van der Waals surface area contributed by atoms with Crippen LogP contribution in [0.3, 0.4) is 0 Å². The Kier molecular flexibility index (Phi) is 4.94. The highest BCUT2D eigenvalue weighted by Gasteiger charge is 2.28. The van der Waals surface area contributed by atoms with Crippen LogP contribution < -0.4 is 5.32 Å². The van der Waals surface area contributed by atoms with Gasteiger partial charge in [-0.05, 0) is 38.0 Å². The average molecular weight is 401 g/mol. The normalized spacial score (nSPS) is 17.9. The number of aliphatic hydroxyl groups is 1. The number of carbonyl (C=O) groups excluding carboxylic acids is 1. The van der Waals surface area contributed by atoms with E-state index in [4.69, 9.17) is 0 Å². The first-order chi connectivity index (χ1) is 13.4. The Morgan fingerprint density at radius 2 is 2.21 bits per heavy atom. The van der Waals surface area contributed by atoms with Gasteiger partial charge in [0.15, 0.2) is 5.69 Å². The SMILES string of the molecule is Cc1cc2nc(N[C@@H](C)c3cncc(F)c3)nc(C(=O)N3CC[C@@H](O)C3)c2s1. The number of nitrogens with one attached hydrogen (secondary N) is 1. The van der Waals surface area contributed by atoms with E-state index in [-0.39, 0.29) is 11.9 Å². The quantitative estimate of drug-likeness (QED) is 0.699. The number of nitrogens with zero attached hydrogens (tertiary/aromatic N) is 4. The van der Waals surface area contributed by atoms with Crippen molar-refractivity contribution in [2.24, 2.45) is 0 Å². The van der Waals surface area contributed by atoms with E-state index in [0.29, 0.717) is 42.2 Å². The highest BCUT2D eigenvalue weighted by atomic mass is 32.1. The van der Waals surface area contributed by atoms with Gasteiger partial charge in [0.1, 0.15) is 5.82 Å². The molecule has 3 aromatic heterocycles. The summed E-state index contributed by atoms with van der Waals surface area (Å²) in [5, 5.41) is 12.9. The largest absolute Gasteiger partial charge is 0.391 e. The maximum absolute atomic E-state index is 13.5. The molecular weight excluding hydrogens is 381 g/mol. The number of anilines is 1. The molecular formula is C19H20FN5O2S. The number of hydrogen-bond donors (Lipinski definition) is 2. The number of aliphatic hydroxyl groups excluding tert-OH is 1. The number of thiophene rings is 1. The van der Waals surface area contributed by atoms with Crippen molar-refractivity contribution in [1.82, 2.24) is 19.9 Å². The first-order valence-electron chi connectivity index (χ1n) is 9.03. The molecule has 1 aliphatic rings. The number of fused-ring (bicyclic) bond motifs is 1. The number of halogens is 1. The molecule has 1 aliphatic heterocycles.